The number of allylic oxidation sites excluding steroid dienone is 1. The fourth-order valence-electron chi connectivity index (χ4n) is 13.0. The van der Waals surface area contributed by atoms with Gasteiger partial charge in [0, 0.05) is 19.6 Å². The molecule has 5 heteroatoms. The van der Waals surface area contributed by atoms with E-state index in [1.54, 1.807) is 17.2 Å². The molecule has 0 amide bonds. The first-order valence-electron chi connectivity index (χ1n) is 23.0. The molecule has 9 rings (SSSR count). The second-order valence-electron chi connectivity index (χ2n) is 20.6. The second-order valence-corrected chi connectivity index (χ2v) is 20.6. The van der Waals surface area contributed by atoms with Gasteiger partial charge in [-0.2, -0.15) is 0 Å². The molecule has 1 N–H and O–H groups in total. The summed E-state index contributed by atoms with van der Waals surface area (Å²) in [5.41, 5.74) is 8.71. The van der Waals surface area contributed by atoms with E-state index in [9.17, 15) is 5.11 Å². The summed E-state index contributed by atoms with van der Waals surface area (Å²) in [6.45, 7) is 8.08. The van der Waals surface area contributed by atoms with Crippen molar-refractivity contribution in [2.45, 2.75) is 96.3 Å². The Hall–Kier alpha value is -2.63. The van der Waals surface area contributed by atoms with Crippen molar-refractivity contribution in [3.63, 3.8) is 0 Å². The molecule has 6 aliphatic rings. The molecule has 0 radical (unpaired) electrons. The zero-order valence-corrected chi connectivity index (χ0v) is 38.3. The molecule has 0 aliphatic heterocycles. The molecule has 0 saturated heterocycles. The van der Waals surface area contributed by atoms with Crippen molar-refractivity contribution in [2.75, 3.05) is 61.9 Å². The third kappa shape index (κ3) is 11.2. The fourth-order valence-corrected chi connectivity index (χ4v) is 13.0. The Balaban J connectivity index is 0.000000145. The first-order valence-corrected chi connectivity index (χ1v) is 23.0. The van der Waals surface area contributed by atoms with Crippen molar-refractivity contribution >= 4 is 18.0 Å². The van der Waals surface area contributed by atoms with Crippen LogP contribution in [0.3, 0.4) is 0 Å². The first-order chi connectivity index (χ1) is 27.4. The Morgan fingerprint density at radius 3 is 1.52 bits per heavy atom. The predicted molar refractivity (Wildman–Crippen MR) is 249 cm³/mol. The monoisotopic (exact) mass is 808 g/mol. The number of aryl methyl sites for hydroxylation is 2. The molecule has 6 aliphatic carbocycles. The Kier molecular flexibility index (Phi) is 15.7. The van der Waals surface area contributed by atoms with E-state index >= 15 is 0 Å². The van der Waals surface area contributed by atoms with Crippen molar-refractivity contribution in [1.29, 1.82) is 0 Å². The van der Waals surface area contributed by atoms with Gasteiger partial charge in [-0.3, -0.25) is 0 Å². The van der Waals surface area contributed by atoms with E-state index in [0.717, 1.165) is 65.7 Å². The number of rotatable bonds is 9. The van der Waals surface area contributed by atoms with Gasteiger partial charge in [0.2, 0.25) is 0 Å². The average molecular weight is 809 g/mol. The van der Waals surface area contributed by atoms with Crippen LogP contribution in [0, 0.1) is 67.1 Å². The summed E-state index contributed by atoms with van der Waals surface area (Å²) in [7, 11) is 13.2. The van der Waals surface area contributed by atoms with E-state index in [-0.39, 0.29) is 12.4 Å². The molecule has 3 aromatic carbocycles. The highest BCUT2D eigenvalue weighted by molar-refractivity contribution is 5.85. The van der Waals surface area contributed by atoms with Crippen molar-refractivity contribution in [2.24, 2.45) is 53.3 Å². The molecule has 5 saturated carbocycles. The summed E-state index contributed by atoms with van der Waals surface area (Å²) in [5, 5.41) is 9.72. The SMILES string of the molecule is CN(C)C[C@@H]1C(c2cccc(O)c2)=C[C@@H]2CC[C@H]1C2.Cc1cccc([C@@H]2C[C@@H]3CC[C@@H](C3)[C@@H]2CN(C)C)c1.Cc1cccc([C@@H]2C[C@@H]3CC[C@@H](C3)[C@@H]2CN(C)C)c1.Cl. The van der Waals surface area contributed by atoms with Gasteiger partial charge in [0.1, 0.15) is 5.75 Å². The lowest BCUT2D eigenvalue weighted by atomic mass is 9.69. The van der Waals surface area contributed by atoms with Crippen LogP contribution in [0.15, 0.2) is 78.9 Å². The Morgan fingerprint density at radius 1 is 0.534 bits per heavy atom. The van der Waals surface area contributed by atoms with Gasteiger partial charge in [-0.1, -0.05) is 90.7 Å². The van der Waals surface area contributed by atoms with Crippen LogP contribution >= 0.6 is 12.4 Å². The largest absolute Gasteiger partial charge is 0.508 e. The van der Waals surface area contributed by atoms with Crippen LogP contribution in [0.2, 0.25) is 0 Å². The predicted octanol–water partition coefficient (Wildman–Crippen LogP) is 12.0. The van der Waals surface area contributed by atoms with Gasteiger partial charge >= 0.3 is 0 Å². The highest BCUT2D eigenvalue weighted by atomic mass is 35.5. The van der Waals surface area contributed by atoms with E-state index in [0.29, 0.717) is 11.7 Å². The summed E-state index contributed by atoms with van der Waals surface area (Å²) in [4.78, 5) is 7.08. The molecule has 11 atom stereocenters. The van der Waals surface area contributed by atoms with Crippen LogP contribution in [0.5, 0.6) is 5.75 Å². The zero-order chi connectivity index (χ0) is 40.2. The number of aromatic hydroxyl groups is 1. The second kappa shape index (κ2) is 20.3. The topological polar surface area (TPSA) is 30.0 Å². The third-order valence-electron chi connectivity index (χ3n) is 15.3. The number of nitrogens with zero attached hydrogens (tertiary/aromatic N) is 3. The first kappa shape index (κ1) is 44.9. The van der Waals surface area contributed by atoms with Gasteiger partial charge in [-0.05, 0) is 213 Å². The quantitative estimate of drug-likeness (QED) is 0.233. The Bertz CT molecular complexity index is 1700. The van der Waals surface area contributed by atoms with Crippen molar-refractivity contribution in [3.05, 3.63) is 107 Å². The van der Waals surface area contributed by atoms with Gasteiger partial charge in [0.25, 0.3) is 0 Å². The molecule has 318 valence electrons. The molecule has 3 aromatic rings. The molecule has 6 bridgehead atoms. The number of phenols is 1. The number of halogens is 1. The van der Waals surface area contributed by atoms with Gasteiger partial charge in [-0.25, -0.2) is 0 Å². The highest BCUT2D eigenvalue weighted by Crippen LogP contribution is 2.53. The molecular weight excluding hydrogens is 730 g/mol. The van der Waals surface area contributed by atoms with Crippen LogP contribution in [-0.2, 0) is 0 Å². The smallest absolute Gasteiger partial charge is 0.116 e. The number of hydrogen-bond donors (Lipinski definition) is 1. The summed E-state index contributed by atoms with van der Waals surface area (Å²) in [6.07, 6.45) is 18.3. The van der Waals surface area contributed by atoms with Crippen molar-refractivity contribution in [1.82, 2.24) is 14.7 Å². The molecule has 0 unspecified atom stereocenters. The van der Waals surface area contributed by atoms with Gasteiger partial charge < -0.3 is 19.8 Å². The lowest BCUT2D eigenvalue weighted by Crippen LogP contribution is -2.34. The lowest BCUT2D eigenvalue weighted by molar-refractivity contribution is 0.165. The molecule has 0 spiro atoms. The van der Waals surface area contributed by atoms with Gasteiger partial charge in [0.15, 0.2) is 0 Å². The van der Waals surface area contributed by atoms with E-state index in [1.165, 1.54) is 106 Å². The normalized spacial score (nSPS) is 31.9. The molecule has 4 nitrogen and oxygen atoms in total. The number of phenolic OH excluding ortho intramolecular Hbond substituents is 1. The minimum absolute atomic E-state index is 0. The van der Waals surface area contributed by atoms with Crippen LogP contribution in [-0.4, -0.2) is 81.7 Å². The summed E-state index contributed by atoms with van der Waals surface area (Å²) in [5.74, 6) is 9.90. The number of benzene rings is 3. The maximum atomic E-state index is 9.72. The van der Waals surface area contributed by atoms with Gasteiger partial charge in [-0.15, -0.1) is 12.4 Å². The Labute approximate surface area is 360 Å². The summed E-state index contributed by atoms with van der Waals surface area (Å²) < 4.78 is 0. The van der Waals surface area contributed by atoms with E-state index in [2.05, 4.69) is 132 Å². The maximum Gasteiger partial charge on any atom is 0.116 e. The average Bonchev–Trinajstić information content (AvgIpc) is 3.89. The van der Waals surface area contributed by atoms with Crippen LogP contribution < -0.4 is 0 Å². The van der Waals surface area contributed by atoms with Crippen LogP contribution in [0.1, 0.15) is 110 Å². The molecule has 5 fully saturated rings. The van der Waals surface area contributed by atoms with Crippen molar-refractivity contribution in [3.8, 4) is 5.75 Å². The Morgan fingerprint density at radius 2 is 1.03 bits per heavy atom. The van der Waals surface area contributed by atoms with Crippen LogP contribution in [0.4, 0.5) is 0 Å². The minimum atomic E-state index is 0. The van der Waals surface area contributed by atoms with E-state index in [4.69, 9.17) is 0 Å². The number of fused-ring (bicyclic) bond motifs is 6. The lowest BCUT2D eigenvalue weighted by Gasteiger charge is -2.38. The standard InChI is InChI=1S/2C18H27N.C17H23NO.ClH/c2*1-13-5-4-6-15(9-13)17-11-14-7-8-16(10-14)18(17)12-19(2)3;1-18(2)11-17-14-7-6-12(8-14)9-16(17)13-4-3-5-15(19)10-13;/h2*4-6,9,14,16-18H,7-8,10-12H2,1-3H3;3-5,9-10,12,14,17,19H,6-8,11H2,1-2H3;1H/t2*14-,16+,17+,18+;12-,14+,17+;/m111./s1. The number of hydrogen-bond acceptors (Lipinski definition) is 4. The fraction of sp³-hybridized carbons (Fsp3) is 0.623. The third-order valence-corrected chi connectivity index (χ3v) is 15.3. The maximum absolute atomic E-state index is 9.72. The minimum Gasteiger partial charge on any atom is -0.508 e. The summed E-state index contributed by atoms with van der Waals surface area (Å²) in [6, 6.07) is 26.3. The van der Waals surface area contributed by atoms with Crippen LogP contribution in [0.25, 0.3) is 5.57 Å². The van der Waals surface area contributed by atoms with Crippen molar-refractivity contribution < 1.29 is 5.11 Å². The van der Waals surface area contributed by atoms with E-state index < -0.39 is 0 Å². The van der Waals surface area contributed by atoms with E-state index in [1.807, 2.05) is 12.1 Å². The molecule has 0 aromatic heterocycles. The molecular formula is C53H78ClN3O. The zero-order valence-electron chi connectivity index (χ0n) is 37.5. The van der Waals surface area contributed by atoms with Gasteiger partial charge in [0.05, 0.1) is 0 Å². The highest BCUT2D eigenvalue weighted by Gasteiger charge is 2.44. The molecule has 0 heterocycles. The molecule has 58 heavy (non-hydrogen) atoms. The summed E-state index contributed by atoms with van der Waals surface area (Å²) >= 11 is 0.